The lowest BCUT2D eigenvalue weighted by Crippen LogP contribution is -2.42. The van der Waals surface area contributed by atoms with Gasteiger partial charge in [0.1, 0.15) is 12.2 Å². The molecule has 6 nitrogen and oxygen atoms in total. The molecule has 0 aliphatic carbocycles. The summed E-state index contributed by atoms with van der Waals surface area (Å²) in [6, 6.07) is 30.5. The molecule has 2 fully saturated rings. The minimum Gasteiger partial charge on any atom is -0.396 e. The fourth-order valence-electron chi connectivity index (χ4n) is 5.15. The third-order valence-corrected chi connectivity index (χ3v) is 6.93. The summed E-state index contributed by atoms with van der Waals surface area (Å²) in [7, 11) is 0. The lowest BCUT2D eigenvalue weighted by atomic mass is 10.0. The second-order valence-electron chi connectivity index (χ2n) is 9.49. The second kappa shape index (κ2) is 12.6. The Kier molecular flexibility index (Phi) is 8.77. The molecule has 2 saturated heterocycles. The van der Waals surface area contributed by atoms with Gasteiger partial charge in [0.2, 0.25) is 0 Å². The van der Waals surface area contributed by atoms with E-state index in [1.807, 2.05) is 59.7 Å². The number of fused-ring (bicyclic) bond motifs is 1. The Bertz CT molecular complexity index is 1030. The summed E-state index contributed by atoms with van der Waals surface area (Å²) >= 11 is 0. The molecule has 6 heteroatoms. The van der Waals surface area contributed by atoms with E-state index in [9.17, 15) is 5.11 Å². The Morgan fingerprint density at radius 2 is 1.25 bits per heavy atom. The van der Waals surface area contributed by atoms with E-state index in [4.69, 9.17) is 19.0 Å². The van der Waals surface area contributed by atoms with E-state index in [1.165, 1.54) is 0 Å². The van der Waals surface area contributed by atoms with Crippen LogP contribution >= 0.6 is 0 Å². The monoisotopic (exact) mass is 489 g/mol. The van der Waals surface area contributed by atoms with Crippen LogP contribution in [0.15, 0.2) is 91.0 Å². The first-order valence-corrected chi connectivity index (χ1v) is 12.8. The summed E-state index contributed by atoms with van der Waals surface area (Å²) < 4.78 is 19.3. The second-order valence-corrected chi connectivity index (χ2v) is 9.49. The summed E-state index contributed by atoms with van der Waals surface area (Å²) in [6.45, 7) is 2.08. The molecule has 5 rings (SSSR count). The van der Waals surface area contributed by atoms with Crippen molar-refractivity contribution in [1.82, 2.24) is 5.06 Å². The number of hydrogen-bond acceptors (Lipinski definition) is 6. The molecule has 0 spiro atoms. The molecule has 190 valence electrons. The molecule has 5 atom stereocenters. The fourth-order valence-corrected chi connectivity index (χ4v) is 5.15. The highest BCUT2D eigenvalue weighted by molar-refractivity contribution is 5.16. The van der Waals surface area contributed by atoms with E-state index >= 15 is 0 Å². The van der Waals surface area contributed by atoms with Crippen molar-refractivity contribution in [1.29, 1.82) is 0 Å². The zero-order chi connectivity index (χ0) is 24.6. The van der Waals surface area contributed by atoms with Crippen LogP contribution in [0.5, 0.6) is 0 Å². The summed E-state index contributed by atoms with van der Waals surface area (Å²) in [6.07, 6.45) is 0.966. The summed E-state index contributed by atoms with van der Waals surface area (Å²) in [5.41, 5.74) is 3.38. The highest BCUT2D eigenvalue weighted by Gasteiger charge is 2.55. The lowest BCUT2D eigenvalue weighted by molar-refractivity contribution is -0.198. The van der Waals surface area contributed by atoms with Gasteiger partial charge in [0, 0.05) is 6.61 Å². The highest BCUT2D eigenvalue weighted by Crippen LogP contribution is 2.40. The van der Waals surface area contributed by atoms with Crippen molar-refractivity contribution in [3.05, 3.63) is 108 Å². The van der Waals surface area contributed by atoms with E-state index < -0.39 is 0 Å². The number of hydrogen-bond donors (Lipinski definition) is 1. The lowest BCUT2D eigenvalue weighted by Gasteiger charge is -2.28. The summed E-state index contributed by atoms with van der Waals surface area (Å²) in [5, 5.41) is 11.6. The minimum atomic E-state index is -0.218. The normalized spacial score (nSPS) is 25.8. The Morgan fingerprint density at radius 3 is 1.81 bits per heavy atom. The van der Waals surface area contributed by atoms with Gasteiger partial charge in [-0.25, -0.2) is 0 Å². The van der Waals surface area contributed by atoms with E-state index in [-0.39, 0.29) is 37.0 Å². The van der Waals surface area contributed by atoms with Gasteiger partial charge in [0.05, 0.1) is 44.6 Å². The van der Waals surface area contributed by atoms with Crippen LogP contribution in [0.2, 0.25) is 0 Å². The molecule has 1 N–H and O–H groups in total. The fraction of sp³-hybridized carbons (Fsp3) is 0.400. The number of aliphatic hydroxyl groups is 1. The Hall–Kier alpha value is -2.58. The van der Waals surface area contributed by atoms with Gasteiger partial charge in [-0.3, -0.25) is 4.84 Å². The first-order valence-electron chi connectivity index (χ1n) is 12.8. The maximum absolute atomic E-state index is 9.52. The van der Waals surface area contributed by atoms with Gasteiger partial charge in [0.15, 0.2) is 0 Å². The van der Waals surface area contributed by atoms with Crippen LogP contribution in [0.25, 0.3) is 0 Å². The van der Waals surface area contributed by atoms with Crippen molar-refractivity contribution in [3.63, 3.8) is 0 Å². The molecular formula is C30H35NO5. The first-order chi connectivity index (χ1) is 17.8. The van der Waals surface area contributed by atoms with Gasteiger partial charge in [-0.15, -0.1) is 0 Å². The first kappa shape index (κ1) is 25.1. The van der Waals surface area contributed by atoms with Crippen LogP contribution in [0.3, 0.4) is 0 Å². The van der Waals surface area contributed by atoms with Crippen molar-refractivity contribution >= 4 is 0 Å². The number of nitrogens with zero attached hydrogens (tertiary/aromatic N) is 1. The molecule has 3 aromatic rings. The van der Waals surface area contributed by atoms with Gasteiger partial charge < -0.3 is 19.3 Å². The topological polar surface area (TPSA) is 60.4 Å². The molecule has 2 aliphatic heterocycles. The maximum atomic E-state index is 9.52. The van der Waals surface area contributed by atoms with Crippen molar-refractivity contribution < 1.29 is 24.2 Å². The van der Waals surface area contributed by atoms with E-state index in [0.29, 0.717) is 32.8 Å². The van der Waals surface area contributed by atoms with Crippen LogP contribution in [0, 0.1) is 0 Å². The predicted molar refractivity (Wildman–Crippen MR) is 137 cm³/mol. The number of rotatable bonds is 12. The van der Waals surface area contributed by atoms with Crippen LogP contribution in [0.4, 0.5) is 0 Å². The molecule has 0 aromatic heterocycles. The van der Waals surface area contributed by atoms with Crippen molar-refractivity contribution in [3.8, 4) is 0 Å². The number of aliphatic hydroxyl groups excluding tert-OH is 1. The zero-order valence-electron chi connectivity index (χ0n) is 20.5. The van der Waals surface area contributed by atoms with Crippen LogP contribution < -0.4 is 0 Å². The molecule has 2 aliphatic rings. The molecule has 0 unspecified atom stereocenters. The van der Waals surface area contributed by atoms with Gasteiger partial charge in [-0.05, 0) is 29.5 Å². The van der Waals surface area contributed by atoms with Crippen molar-refractivity contribution in [2.45, 2.75) is 63.1 Å². The third-order valence-electron chi connectivity index (χ3n) is 6.93. The van der Waals surface area contributed by atoms with Crippen molar-refractivity contribution in [2.24, 2.45) is 0 Å². The van der Waals surface area contributed by atoms with E-state index in [1.54, 1.807) is 0 Å². The largest absolute Gasteiger partial charge is 0.396 e. The molecule has 0 bridgehead atoms. The highest BCUT2D eigenvalue weighted by atomic mass is 16.7. The number of benzene rings is 3. The van der Waals surface area contributed by atoms with Crippen LogP contribution in [-0.2, 0) is 38.9 Å². The zero-order valence-corrected chi connectivity index (χ0v) is 20.5. The Balaban J connectivity index is 1.34. The molecule has 0 saturated carbocycles. The standard InChI is InChI=1S/C30H35NO5/c32-17-16-26-18-27-29(34-20-24-12-6-2-7-13-24)30(35-21-25-14-8-3-9-15-25)28(31(27)36-26)22-33-19-23-10-4-1-5-11-23/h1-15,26-30,32H,16-22H2/t26-,27+,28+,29+,30+/m0/s1. The third kappa shape index (κ3) is 6.21. The van der Waals surface area contributed by atoms with Gasteiger partial charge in [0.25, 0.3) is 0 Å². The summed E-state index contributed by atoms with van der Waals surface area (Å²) in [5.74, 6) is 0. The number of hydroxylamine groups is 2. The Labute approximate surface area is 213 Å². The molecule has 3 aromatic carbocycles. The minimum absolute atomic E-state index is 0.0329. The molecule has 0 radical (unpaired) electrons. The smallest absolute Gasteiger partial charge is 0.106 e. The Morgan fingerprint density at radius 1 is 0.722 bits per heavy atom. The molecule has 0 amide bonds. The van der Waals surface area contributed by atoms with E-state index in [2.05, 4.69) is 36.4 Å². The summed E-state index contributed by atoms with van der Waals surface area (Å²) in [4.78, 5) is 6.34. The quantitative estimate of drug-likeness (QED) is 0.404. The van der Waals surface area contributed by atoms with Gasteiger partial charge in [-0.1, -0.05) is 91.0 Å². The van der Waals surface area contributed by atoms with Crippen LogP contribution in [0.1, 0.15) is 29.5 Å². The number of ether oxygens (including phenoxy) is 3. The maximum Gasteiger partial charge on any atom is 0.106 e. The predicted octanol–water partition coefficient (Wildman–Crippen LogP) is 4.51. The van der Waals surface area contributed by atoms with Gasteiger partial charge in [-0.2, -0.15) is 5.06 Å². The SMILES string of the molecule is OCC[C@H]1C[C@@H]2[C@@H](OCc3ccccc3)[C@H](OCc3ccccc3)[C@@H](COCc3ccccc3)N2O1. The van der Waals surface area contributed by atoms with Crippen molar-refractivity contribution in [2.75, 3.05) is 13.2 Å². The molecule has 2 heterocycles. The molecular weight excluding hydrogens is 454 g/mol. The van der Waals surface area contributed by atoms with Crippen LogP contribution in [-0.4, -0.2) is 53.8 Å². The van der Waals surface area contributed by atoms with Gasteiger partial charge >= 0.3 is 0 Å². The average Bonchev–Trinajstić information content (AvgIpc) is 3.45. The average molecular weight is 490 g/mol. The molecule has 36 heavy (non-hydrogen) atoms. The van der Waals surface area contributed by atoms with E-state index in [0.717, 1.165) is 23.1 Å².